The topological polar surface area (TPSA) is 238 Å². The molecule has 13 nitrogen and oxygen atoms in total. The van der Waals surface area contributed by atoms with Gasteiger partial charge >= 0.3 is 23.9 Å². The van der Waals surface area contributed by atoms with E-state index in [4.69, 9.17) is 26.2 Å². The summed E-state index contributed by atoms with van der Waals surface area (Å²) in [5.74, 6) is -4.28. The van der Waals surface area contributed by atoms with Crippen molar-refractivity contribution in [3.05, 3.63) is 0 Å². The van der Waals surface area contributed by atoms with Crippen molar-refractivity contribution in [1.82, 2.24) is 5.32 Å². The lowest BCUT2D eigenvalue weighted by Gasteiger charge is -2.12. The van der Waals surface area contributed by atoms with Crippen molar-refractivity contribution in [2.24, 2.45) is 5.73 Å². The first-order valence-electron chi connectivity index (χ1n) is 9.49. The fourth-order valence-corrected chi connectivity index (χ4v) is 3.45. The van der Waals surface area contributed by atoms with Crippen LogP contribution in [0.2, 0.25) is 0 Å². The van der Waals surface area contributed by atoms with Crippen molar-refractivity contribution in [3.63, 3.8) is 0 Å². The van der Waals surface area contributed by atoms with E-state index >= 15 is 0 Å². The van der Waals surface area contributed by atoms with Gasteiger partial charge < -0.3 is 31.5 Å². The number of aliphatic carboxylic acids is 4. The van der Waals surface area contributed by atoms with Crippen LogP contribution < -0.4 is 11.1 Å². The summed E-state index contributed by atoms with van der Waals surface area (Å²) in [4.78, 5) is 74.3. The van der Waals surface area contributed by atoms with E-state index in [1.807, 2.05) is 0 Å². The van der Waals surface area contributed by atoms with Gasteiger partial charge in [0.15, 0.2) is 10.2 Å². The van der Waals surface area contributed by atoms with Crippen molar-refractivity contribution in [3.8, 4) is 0 Å². The molecule has 0 aliphatic rings. The Morgan fingerprint density at radius 2 is 1.15 bits per heavy atom. The van der Waals surface area contributed by atoms with E-state index in [-0.39, 0.29) is 54.5 Å². The van der Waals surface area contributed by atoms with Gasteiger partial charge in [-0.25, -0.2) is 4.79 Å². The molecule has 0 aliphatic heterocycles. The number of carboxylic acid groups (broad SMARTS) is 4. The molecule has 2 atom stereocenters. The number of thioether (sulfide) groups is 2. The number of nitrogens with one attached hydrogen (secondary N) is 1. The third-order valence-corrected chi connectivity index (χ3v) is 5.37. The van der Waals surface area contributed by atoms with E-state index in [0.717, 1.165) is 23.5 Å². The summed E-state index contributed by atoms with van der Waals surface area (Å²) in [6.07, 6.45) is -0.256. The molecule has 33 heavy (non-hydrogen) atoms. The van der Waals surface area contributed by atoms with Gasteiger partial charge in [0, 0.05) is 31.3 Å². The van der Waals surface area contributed by atoms with Gasteiger partial charge in [0.2, 0.25) is 5.91 Å². The molecule has 7 N–H and O–H groups in total. The number of amides is 1. The lowest BCUT2D eigenvalue weighted by molar-refractivity contribution is -0.141. The normalized spacial score (nSPS) is 11.8. The molecule has 188 valence electrons. The van der Waals surface area contributed by atoms with Crippen molar-refractivity contribution in [2.45, 2.75) is 57.5 Å². The van der Waals surface area contributed by atoms with Crippen LogP contribution in [-0.4, -0.2) is 84.0 Å². The maximum atomic E-state index is 11.2. The first kappa shape index (κ1) is 32.5. The van der Waals surface area contributed by atoms with E-state index in [9.17, 15) is 33.6 Å². The number of carbonyl (C=O) groups excluding carboxylic acids is 3. The summed E-state index contributed by atoms with van der Waals surface area (Å²) >= 11 is 1.79. The Kier molecular flexibility index (Phi) is 18.6. The van der Waals surface area contributed by atoms with Crippen LogP contribution in [0.4, 0.5) is 0 Å². The molecule has 0 aromatic rings. The minimum atomic E-state index is -1.16. The zero-order valence-electron chi connectivity index (χ0n) is 17.9. The van der Waals surface area contributed by atoms with Gasteiger partial charge in [-0.05, 0) is 12.8 Å². The highest BCUT2D eigenvalue weighted by molar-refractivity contribution is 8.13. The van der Waals surface area contributed by atoms with Crippen LogP contribution >= 0.6 is 23.5 Å². The highest BCUT2D eigenvalue weighted by Gasteiger charge is 2.18. The molecule has 2 unspecified atom stereocenters. The van der Waals surface area contributed by atoms with E-state index < -0.39 is 41.9 Å². The number of nitrogens with two attached hydrogens (primary N) is 1. The second-order valence-corrected chi connectivity index (χ2v) is 8.65. The van der Waals surface area contributed by atoms with E-state index in [1.54, 1.807) is 0 Å². The van der Waals surface area contributed by atoms with Crippen LogP contribution in [0.15, 0.2) is 0 Å². The summed E-state index contributed by atoms with van der Waals surface area (Å²) in [6.45, 7) is 1.21. The largest absolute Gasteiger partial charge is 0.481 e. The van der Waals surface area contributed by atoms with Gasteiger partial charge in [-0.2, -0.15) is 0 Å². The van der Waals surface area contributed by atoms with Crippen molar-refractivity contribution >= 4 is 63.5 Å². The molecule has 0 heterocycles. The first-order chi connectivity index (χ1) is 15.3. The minimum Gasteiger partial charge on any atom is -0.481 e. The van der Waals surface area contributed by atoms with Crippen molar-refractivity contribution < 1.29 is 54.0 Å². The van der Waals surface area contributed by atoms with E-state index in [1.165, 1.54) is 6.92 Å². The number of hydrogen-bond acceptors (Lipinski definition) is 10. The van der Waals surface area contributed by atoms with Gasteiger partial charge in [-0.15, -0.1) is 0 Å². The van der Waals surface area contributed by atoms with Crippen LogP contribution in [0, 0.1) is 0 Å². The van der Waals surface area contributed by atoms with Gasteiger partial charge in [-0.3, -0.25) is 28.8 Å². The smallest absolute Gasteiger partial charge is 0.326 e. The summed E-state index contributed by atoms with van der Waals surface area (Å²) in [6, 6.07) is -1.99. The van der Waals surface area contributed by atoms with E-state index in [2.05, 4.69) is 5.32 Å². The summed E-state index contributed by atoms with van der Waals surface area (Å²) < 4.78 is 0. The molecular formula is C18H28N2O11S2. The Morgan fingerprint density at radius 1 is 0.727 bits per heavy atom. The molecule has 0 spiro atoms. The van der Waals surface area contributed by atoms with Gasteiger partial charge in [0.1, 0.15) is 12.1 Å². The average Bonchev–Trinajstić information content (AvgIpc) is 2.69. The molecule has 0 aromatic heterocycles. The number of carbonyl (C=O) groups is 7. The Hall–Kier alpha value is -2.65. The number of hydrogen-bond donors (Lipinski definition) is 6. The second-order valence-electron chi connectivity index (χ2n) is 6.34. The predicted molar refractivity (Wildman–Crippen MR) is 119 cm³/mol. The molecule has 0 saturated carbocycles. The van der Waals surface area contributed by atoms with Crippen molar-refractivity contribution in [1.29, 1.82) is 0 Å². The monoisotopic (exact) mass is 512 g/mol. The van der Waals surface area contributed by atoms with Crippen LogP contribution in [0.25, 0.3) is 0 Å². The van der Waals surface area contributed by atoms with Crippen LogP contribution in [0.5, 0.6) is 0 Å². The third-order valence-electron chi connectivity index (χ3n) is 3.44. The zero-order chi connectivity index (χ0) is 26.0. The Morgan fingerprint density at radius 3 is 1.48 bits per heavy atom. The third kappa shape index (κ3) is 22.3. The lowest BCUT2D eigenvalue weighted by Crippen LogP contribution is -2.39. The van der Waals surface area contributed by atoms with Crippen LogP contribution in [-0.2, 0) is 33.6 Å². The molecular weight excluding hydrogens is 484 g/mol. The van der Waals surface area contributed by atoms with Crippen molar-refractivity contribution in [2.75, 3.05) is 11.5 Å². The summed E-state index contributed by atoms with van der Waals surface area (Å²) in [5.41, 5.74) is 5.21. The van der Waals surface area contributed by atoms with Crippen LogP contribution in [0.1, 0.15) is 45.4 Å². The Balaban J connectivity index is 0. The fourth-order valence-electron chi connectivity index (χ4n) is 1.78. The standard InChI is InChI=1S/C10H15NO6S.C8H13NO5S/c1-6(12)11-7(10(16)17)4-5-18-9(15)3-2-8(13)14;9-5(8(13)14)3-4-15-7(12)2-1-6(10)11/h7H,2-5H2,1H3,(H,11,12)(H,13,14)(H,16,17);5H,1-4,9H2,(H,10,11)(H,13,14). The molecule has 0 fully saturated rings. The molecule has 15 heteroatoms. The SMILES string of the molecule is CC(=O)NC(CCSC(=O)CCC(=O)O)C(=O)O.NC(CCSC(=O)CCC(=O)O)C(=O)O. The quantitative estimate of drug-likeness (QED) is 0.169. The molecule has 1 amide bonds. The predicted octanol–water partition coefficient (Wildman–Crippen LogP) is 0.00340. The summed E-state index contributed by atoms with van der Waals surface area (Å²) in [5, 5.41) is 35.5. The first-order valence-corrected chi connectivity index (χ1v) is 11.5. The van der Waals surface area contributed by atoms with Gasteiger partial charge in [-0.1, -0.05) is 23.5 Å². The maximum Gasteiger partial charge on any atom is 0.326 e. The average molecular weight is 513 g/mol. The van der Waals surface area contributed by atoms with Gasteiger partial charge in [0.25, 0.3) is 0 Å². The van der Waals surface area contributed by atoms with Crippen LogP contribution in [0.3, 0.4) is 0 Å². The molecule has 0 aromatic carbocycles. The van der Waals surface area contributed by atoms with E-state index in [0.29, 0.717) is 5.75 Å². The molecule has 0 rings (SSSR count). The maximum absolute atomic E-state index is 11.2. The zero-order valence-corrected chi connectivity index (χ0v) is 19.5. The fraction of sp³-hybridized carbons (Fsp3) is 0.611. The van der Waals surface area contributed by atoms with Gasteiger partial charge in [0.05, 0.1) is 12.8 Å². The minimum absolute atomic E-state index is 0.0394. The highest BCUT2D eigenvalue weighted by Crippen LogP contribution is 2.11. The second kappa shape index (κ2) is 18.9. The summed E-state index contributed by atoms with van der Waals surface area (Å²) in [7, 11) is 0. The number of carboxylic acids is 4. The molecule has 0 saturated heterocycles. The number of rotatable bonds is 15. The molecule has 0 bridgehead atoms. The molecule has 0 radical (unpaired) electrons. The Labute approximate surface area is 197 Å². The highest BCUT2D eigenvalue weighted by atomic mass is 32.2. The lowest BCUT2D eigenvalue weighted by atomic mass is 10.2. The Bertz CT molecular complexity index is 716. The molecule has 0 aliphatic carbocycles.